The van der Waals surface area contributed by atoms with Gasteiger partial charge in [-0.1, -0.05) is 17.7 Å². The normalized spacial score (nSPS) is 22.6. The Hall–Kier alpha value is -1.26. The van der Waals surface area contributed by atoms with Crippen LogP contribution in [-0.2, 0) is 4.79 Å². The summed E-state index contributed by atoms with van der Waals surface area (Å²) in [5.74, 6) is 0.824. The molecule has 4 nitrogen and oxygen atoms in total. The van der Waals surface area contributed by atoms with Gasteiger partial charge in [0, 0.05) is 23.7 Å². The van der Waals surface area contributed by atoms with E-state index in [1.807, 2.05) is 17.0 Å². The van der Waals surface area contributed by atoms with E-state index in [4.69, 9.17) is 22.1 Å². The predicted octanol–water partition coefficient (Wildman–Crippen LogP) is 2.45. The van der Waals surface area contributed by atoms with Crippen molar-refractivity contribution in [1.82, 2.24) is 4.90 Å². The number of ether oxygens (including phenoxy) is 1. The molecule has 0 aromatic heterocycles. The first-order valence-corrected chi connectivity index (χ1v) is 7.37. The van der Waals surface area contributed by atoms with E-state index >= 15 is 0 Å². The highest BCUT2D eigenvalue weighted by atomic mass is 35.5. The highest BCUT2D eigenvalue weighted by molar-refractivity contribution is 6.30. The van der Waals surface area contributed by atoms with Crippen LogP contribution in [0.15, 0.2) is 24.3 Å². The van der Waals surface area contributed by atoms with Crippen LogP contribution >= 0.6 is 11.6 Å². The summed E-state index contributed by atoms with van der Waals surface area (Å²) in [5, 5.41) is 0.632. The van der Waals surface area contributed by atoms with Gasteiger partial charge in [-0.25, -0.2) is 0 Å². The van der Waals surface area contributed by atoms with Crippen molar-refractivity contribution in [1.29, 1.82) is 0 Å². The van der Waals surface area contributed by atoms with Gasteiger partial charge in [0.2, 0.25) is 5.91 Å². The second-order valence-electron chi connectivity index (χ2n) is 5.28. The summed E-state index contributed by atoms with van der Waals surface area (Å²) in [4.78, 5) is 14.1. The number of nitrogens with two attached hydrogens (primary N) is 1. The Labute approximate surface area is 124 Å². The lowest BCUT2D eigenvalue weighted by atomic mass is 9.99. The van der Waals surface area contributed by atoms with E-state index in [0.717, 1.165) is 19.4 Å². The third kappa shape index (κ3) is 4.12. The zero-order chi connectivity index (χ0) is 14.5. The van der Waals surface area contributed by atoms with Crippen LogP contribution in [-0.4, -0.2) is 36.0 Å². The zero-order valence-corrected chi connectivity index (χ0v) is 12.5. The van der Waals surface area contributed by atoms with Crippen LogP contribution in [0.1, 0.15) is 26.2 Å². The molecule has 110 valence electrons. The lowest BCUT2D eigenvalue weighted by Gasteiger charge is -2.36. The van der Waals surface area contributed by atoms with Gasteiger partial charge in [0.15, 0.2) is 0 Å². The highest BCUT2D eigenvalue weighted by Crippen LogP contribution is 2.19. The standard InChI is InChI=1S/C15H21ClN2O2/c1-11-9-13(17)5-7-18(11)15(19)6-8-20-14-4-2-3-12(16)10-14/h2-4,10-11,13H,5-9,17H2,1H3/t11-,13-/m0/s1. The second-order valence-corrected chi connectivity index (χ2v) is 5.71. The van der Waals surface area contributed by atoms with Gasteiger partial charge < -0.3 is 15.4 Å². The number of rotatable bonds is 4. The van der Waals surface area contributed by atoms with Crippen molar-refractivity contribution < 1.29 is 9.53 Å². The first-order valence-electron chi connectivity index (χ1n) is 6.99. The average Bonchev–Trinajstić information content (AvgIpc) is 2.38. The van der Waals surface area contributed by atoms with Crippen LogP contribution in [0.3, 0.4) is 0 Å². The molecule has 2 atom stereocenters. The average molecular weight is 297 g/mol. The lowest BCUT2D eigenvalue weighted by molar-refractivity contribution is -0.135. The van der Waals surface area contributed by atoms with Crippen LogP contribution in [0.5, 0.6) is 5.75 Å². The molecule has 0 bridgehead atoms. The minimum atomic E-state index is 0.131. The Kier molecular flexibility index (Phi) is 5.26. The van der Waals surface area contributed by atoms with E-state index in [-0.39, 0.29) is 18.0 Å². The van der Waals surface area contributed by atoms with Crippen molar-refractivity contribution in [2.45, 2.75) is 38.3 Å². The maximum atomic E-state index is 12.2. The molecule has 1 aliphatic heterocycles. The summed E-state index contributed by atoms with van der Waals surface area (Å²) in [5.41, 5.74) is 5.90. The molecule has 0 unspecified atom stereocenters. The van der Waals surface area contributed by atoms with Crippen molar-refractivity contribution >= 4 is 17.5 Å². The molecule has 1 aromatic carbocycles. The number of hydrogen-bond donors (Lipinski definition) is 1. The van der Waals surface area contributed by atoms with Gasteiger partial charge in [0.1, 0.15) is 5.75 Å². The second kappa shape index (κ2) is 6.95. The van der Waals surface area contributed by atoms with Crippen molar-refractivity contribution in [2.24, 2.45) is 5.73 Å². The number of halogens is 1. The summed E-state index contributed by atoms with van der Waals surface area (Å²) in [7, 11) is 0. The molecule has 1 aromatic rings. The van der Waals surface area contributed by atoms with E-state index < -0.39 is 0 Å². The molecule has 5 heteroatoms. The molecule has 1 saturated heterocycles. The molecule has 20 heavy (non-hydrogen) atoms. The molecule has 0 saturated carbocycles. The summed E-state index contributed by atoms with van der Waals surface area (Å²) < 4.78 is 5.55. The van der Waals surface area contributed by atoms with Gasteiger partial charge >= 0.3 is 0 Å². The number of carbonyl (C=O) groups excluding carboxylic acids is 1. The molecular formula is C15H21ClN2O2. The highest BCUT2D eigenvalue weighted by Gasteiger charge is 2.26. The molecule has 1 heterocycles. The Morgan fingerprint density at radius 2 is 2.35 bits per heavy atom. The van der Waals surface area contributed by atoms with E-state index in [2.05, 4.69) is 6.92 Å². The fourth-order valence-electron chi connectivity index (χ4n) is 2.54. The Morgan fingerprint density at radius 1 is 1.55 bits per heavy atom. The quantitative estimate of drug-likeness (QED) is 0.928. The van der Waals surface area contributed by atoms with Crippen LogP contribution in [0.2, 0.25) is 5.02 Å². The topological polar surface area (TPSA) is 55.6 Å². The van der Waals surface area contributed by atoms with Crippen molar-refractivity contribution in [3.8, 4) is 5.75 Å². The summed E-state index contributed by atoms with van der Waals surface area (Å²) in [6.07, 6.45) is 2.14. The first-order chi connectivity index (χ1) is 9.56. The number of piperidine rings is 1. The smallest absolute Gasteiger partial charge is 0.226 e. The molecule has 0 aliphatic carbocycles. The van der Waals surface area contributed by atoms with Crippen molar-refractivity contribution in [2.75, 3.05) is 13.2 Å². The number of carbonyl (C=O) groups is 1. The van der Waals surface area contributed by atoms with Gasteiger partial charge in [-0.3, -0.25) is 4.79 Å². The van der Waals surface area contributed by atoms with Gasteiger partial charge in [-0.2, -0.15) is 0 Å². The Balaban J connectivity index is 1.78. The summed E-state index contributed by atoms with van der Waals surface area (Å²) in [6, 6.07) is 7.63. The van der Waals surface area contributed by atoms with Crippen LogP contribution < -0.4 is 10.5 Å². The molecule has 1 aliphatic rings. The number of amides is 1. The van der Waals surface area contributed by atoms with E-state index in [1.54, 1.807) is 12.1 Å². The Morgan fingerprint density at radius 3 is 3.05 bits per heavy atom. The third-order valence-corrected chi connectivity index (χ3v) is 3.85. The molecule has 0 spiro atoms. The molecule has 1 fully saturated rings. The van der Waals surface area contributed by atoms with Crippen molar-refractivity contribution in [3.63, 3.8) is 0 Å². The molecule has 0 radical (unpaired) electrons. The molecule has 2 rings (SSSR count). The molecule has 1 amide bonds. The Bertz CT molecular complexity index is 467. The minimum absolute atomic E-state index is 0.131. The number of benzene rings is 1. The lowest BCUT2D eigenvalue weighted by Crippen LogP contribution is -2.48. The van der Waals surface area contributed by atoms with Crippen LogP contribution in [0.4, 0.5) is 0 Å². The number of likely N-dealkylation sites (tertiary alicyclic amines) is 1. The van der Waals surface area contributed by atoms with Gasteiger partial charge in [0.25, 0.3) is 0 Å². The van der Waals surface area contributed by atoms with Gasteiger partial charge in [0.05, 0.1) is 13.0 Å². The van der Waals surface area contributed by atoms with Gasteiger partial charge in [-0.15, -0.1) is 0 Å². The SMILES string of the molecule is C[C@H]1C[C@@H](N)CCN1C(=O)CCOc1cccc(Cl)c1. The minimum Gasteiger partial charge on any atom is -0.493 e. The van der Waals surface area contributed by atoms with Crippen LogP contribution in [0, 0.1) is 0 Å². The molecule has 2 N–H and O–H groups in total. The summed E-state index contributed by atoms with van der Waals surface area (Å²) >= 11 is 5.87. The fourth-order valence-corrected chi connectivity index (χ4v) is 2.72. The van der Waals surface area contributed by atoms with Crippen LogP contribution in [0.25, 0.3) is 0 Å². The zero-order valence-electron chi connectivity index (χ0n) is 11.7. The number of nitrogens with zero attached hydrogens (tertiary/aromatic N) is 1. The summed E-state index contributed by atoms with van der Waals surface area (Å²) in [6.45, 7) is 3.17. The molecular weight excluding hydrogens is 276 g/mol. The van der Waals surface area contributed by atoms with E-state index in [1.165, 1.54) is 0 Å². The number of hydrogen-bond acceptors (Lipinski definition) is 3. The largest absolute Gasteiger partial charge is 0.493 e. The first kappa shape index (κ1) is 15.1. The third-order valence-electron chi connectivity index (χ3n) is 3.62. The maximum Gasteiger partial charge on any atom is 0.226 e. The van der Waals surface area contributed by atoms with Gasteiger partial charge in [-0.05, 0) is 38.0 Å². The maximum absolute atomic E-state index is 12.2. The monoisotopic (exact) mass is 296 g/mol. The van der Waals surface area contributed by atoms with E-state index in [0.29, 0.717) is 23.8 Å². The predicted molar refractivity (Wildman–Crippen MR) is 79.9 cm³/mol. The van der Waals surface area contributed by atoms with Crippen molar-refractivity contribution in [3.05, 3.63) is 29.3 Å². The fraction of sp³-hybridized carbons (Fsp3) is 0.533. The van der Waals surface area contributed by atoms with E-state index in [9.17, 15) is 4.79 Å².